The molecular formula is C21H33N3O5S. The first kappa shape index (κ1) is 23.0. The molecule has 2 fully saturated rings. The molecule has 1 aromatic carbocycles. The van der Waals surface area contributed by atoms with Crippen molar-refractivity contribution in [1.29, 1.82) is 0 Å². The number of carbonyl (C=O) groups is 1. The lowest BCUT2D eigenvalue weighted by atomic mass is 10.2. The summed E-state index contributed by atoms with van der Waals surface area (Å²) in [6, 6.07) is 4.61. The third kappa shape index (κ3) is 5.94. The van der Waals surface area contributed by atoms with Gasteiger partial charge in [-0.15, -0.1) is 0 Å². The minimum atomic E-state index is -3.71. The Bertz CT molecular complexity index is 801. The van der Waals surface area contributed by atoms with Gasteiger partial charge in [-0.3, -0.25) is 9.69 Å². The molecule has 0 aromatic heterocycles. The van der Waals surface area contributed by atoms with Crippen LogP contribution in [0.5, 0.6) is 5.75 Å². The molecule has 2 aliphatic rings. The van der Waals surface area contributed by atoms with Crippen LogP contribution in [-0.4, -0.2) is 83.1 Å². The van der Waals surface area contributed by atoms with Crippen molar-refractivity contribution < 1.29 is 22.7 Å². The zero-order valence-electron chi connectivity index (χ0n) is 17.8. The molecule has 0 spiro atoms. The largest absolute Gasteiger partial charge is 0.495 e. The first-order valence-electron chi connectivity index (χ1n) is 10.8. The minimum absolute atomic E-state index is 0.0628. The Kier molecular flexibility index (Phi) is 8.50. The molecule has 9 heteroatoms. The number of nitrogens with one attached hydrogen (secondary N) is 1. The van der Waals surface area contributed by atoms with Crippen LogP contribution in [0.25, 0.3) is 0 Å². The molecule has 2 heterocycles. The average Bonchev–Trinajstić information content (AvgIpc) is 3.07. The van der Waals surface area contributed by atoms with Gasteiger partial charge in [0.25, 0.3) is 5.91 Å². The summed E-state index contributed by atoms with van der Waals surface area (Å²) in [6.07, 6.45) is 4.61. The number of rotatable bonds is 8. The predicted octanol–water partition coefficient (Wildman–Crippen LogP) is 1.71. The van der Waals surface area contributed by atoms with Crippen LogP contribution in [0.2, 0.25) is 0 Å². The predicted molar refractivity (Wildman–Crippen MR) is 114 cm³/mol. The molecule has 2 aliphatic heterocycles. The molecule has 1 amide bonds. The van der Waals surface area contributed by atoms with E-state index in [-0.39, 0.29) is 16.6 Å². The fraction of sp³-hybridized carbons (Fsp3) is 0.667. The minimum Gasteiger partial charge on any atom is -0.495 e. The van der Waals surface area contributed by atoms with Crippen molar-refractivity contribution in [2.75, 3.05) is 59.6 Å². The number of nitrogens with zero attached hydrogens (tertiary/aromatic N) is 2. The maximum atomic E-state index is 13.2. The SMILES string of the molecule is COc1ccc(C(=O)NCCCN2CCOCC2)cc1S(=O)(=O)N1CCCCCC1. The molecule has 3 rings (SSSR count). The number of hydrogen-bond acceptors (Lipinski definition) is 6. The van der Waals surface area contributed by atoms with Gasteiger partial charge in [-0.1, -0.05) is 12.8 Å². The highest BCUT2D eigenvalue weighted by molar-refractivity contribution is 7.89. The Hall–Kier alpha value is -1.68. The Morgan fingerprint density at radius 2 is 1.80 bits per heavy atom. The van der Waals surface area contributed by atoms with Crippen molar-refractivity contribution in [3.05, 3.63) is 23.8 Å². The van der Waals surface area contributed by atoms with Crippen LogP contribution in [0, 0.1) is 0 Å². The zero-order chi connectivity index (χ0) is 21.4. The number of benzene rings is 1. The van der Waals surface area contributed by atoms with Gasteiger partial charge in [0.2, 0.25) is 10.0 Å². The molecule has 0 radical (unpaired) electrons. The van der Waals surface area contributed by atoms with Crippen molar-refractivity contribution in [2.24, 2.45) is 0 Å². The van der Waals surface area contributed by atoms with Gasteiger partial charge in [0.05, 0.1) is 20.3 Å². The van der Waals surface area contributed by atoms with Crippen LogP contribution in [0.15, 0.2) is 23.1 Å². The van der Waals surface area contributed by atoms with Gasteiger partial charge < -0.3 is 14.8 Å². The molecule has 2 saturated heterocycles. The Balaban J connectivity index is 1.64. The van der Waals surface area contributed by atoms with Crippen LogP contribution in [0.3, 0.4) is 0 Å². The fourth-order valence-corrected chi connectivity index (χ4v) is 5.57. The zero-order valence-corrected chi connectivity index (χ0v) is 18.6. The summed E-state index contributed by atoms with van der Waals surface area (Å²) >= 11 is 0. The second kappa shape index (κ2) is 11.1. The first-order valence-corrected chi connectivity index (χ1v) is 12.2. The van der Waals surface area contributed by atoms with E-state index in [2.05, 4.69) is 10.2 Å². The topological polar surface area (TPSA) is 88.2 Å². The van der Waals surface area contributed by atoms with Crippen LogP contribution >= 0.6 is 0 Å². The molecule has 30 heavy (non-hydrogen) atoms. The van der Waals surface area contributed by atoms with Gasteiger partial charge >= 0.3 is 0 Å². The van der Waals surface area contributed by atoms with E-state index in [1.165, 1.54) is 17.5 Å². The average molecular weight is 440 g/mol. The lowest BCUT2D eigenvalue weighted by Gasteiger charge is -2.26. The highest BCUT2D eigenvalue weighted by Gasteiger charge is 2.29. The Morgan fingerprint density at radius 3 is 2.47 bits per heavy atom. The van der Waals surface area contributed by atoms with Crippen molar-refractivity contribution in [1.82, 2.24) is 14.5 Å². The van der Waals surface area contributed by atoms with E-state index in [1.807, 2.05) is 0 Å². The van der Waals surface area contributed by atoms with Gasteiger partial charge in [0, 0.05) is 38.3 Å². The summed E-state index contributed by atoms with van der Waals surface area (Å²) < 4.78 is 38.6. The normalized spacial score (nSPS) is 19.2. The summed E-state index contributed by atoms with van der Waals surface area (Å²) in [4.78, 5) is 15.0. The van der Waals surface area contributed by atoms with E-state index in [1.54, 1.807) is 12.1 Å². The van der Waals surface area contributed by atoms with E-state index >= 15 is 0 Å². The third-order valence-electron chi connectivity index (χ3n) is 5.65. The van der Waals surface area contributed by atoms with Gasteiger partial charge in [-0.2, -0.15) is 4.31 Å². The second-order valence-corrected chi connectivity index (χ2v) is 9.65. The van der Waals surface area contributed by atoms with Gasteiger partial charge in [0.15, 0.2) is 0 Å². The molecule has 168 valence electrons. The second-order valence-electron chi connectivity index (χ2n) is 7.75. The molecule has 0 unspecified atom stereocenters. The maximum Gasteiger partial charge on any atom is 0.251 e. The monoisotopic (exact) mass is 439 g/mol. The number of ether oxygens (including phenoxy) is 2. The van der Waals surface area contributed by atoms with Gasteiger partial charge in [-0.05, 0) is 44.0 Å². The number of morpholine rings is 1. The van der Waals surface area contributed by atoms with Crippen LogP contribution in [-0.2, 0) is 14.8 Å². The van der Waals surface area contributed by atoms with E-state index in [0.29, 0.717) is 25.2 Å². The maximum absolute atomic E-state index is 13.2. The third-order valence-corrected chi connectivity index (χ3v) is 7.57. The molecule has 0 aliphatic carbocycles. The van der Waals surface area contributed by atoms with Crippen molar-refractivity contribution in [3.8, 4) is 5.75 Å². The van der Waals surface area contributed by atoms with Crippen LogP contribution < -0.4 is 10.1 Å². The molecule has 1 aromatic rings. The quantitative estimate of drug-likeness (QED) is 0.621. The highest BCUT2D eigenvalue weighted by atomic mass is 32.2. The Morgan fingerprint density at radius 1 is 1.10 bits per heavy atom. The highest BCUT2D eigenvalue weighted by Crippen LogP contribution is 2.29. The molecule has 8 nitrogen and oxygen atoms in total. The standard InChI is InChI=1S/C21H33N3O5S/c1-28-19-8-7-18(21(25)22-9-6-10-23-13-15-29-16-14-23)17-20(19)30(26,27)24-11-4-2-3-5-12-24/h7-8,17H,2-6,9-16H2,1H3,(H,22,25). The molecule has 0 bridgehead atoms. The van der Waals surface area contributed by atoms with Gasteiger partial charge in [0.1, 0.15) is 10.6 Å². The lowest BCUT2D eigenvalue weighted by molar-refractivity contribution is 0.0374. The van der Waals surface area contributed by atoms with Crippen molar-refractivity contribution >= 4 is 15.9 Å². The molecule has 0 atom stereocenters. The van der Waals surface area contributed by atoms with Crippen LogP contribution in [0.1, 0.15) is 42.5 Å². The lowest BCUT2D eigenvalue weighted by Crippen LogP contribution is -2.38. The van der Waals surface area contributed by atoms with Crippen molar-refractivity contribution in [2.45, 2.75) is 37.0 Å². The number of carbonyl (C=O) groups excluding carboxylic acids is 1. The summed E-state index contributed by atoms with van der Waals surface area (Å²) in [7, 11) is -2.27. The fourth-order valence-electron chi connectivity index (χ4n) is 3.87. The summed E-state index contributed by atoms with van der Waals surface area (Å²) in [5, 5.41) is 2.90. The summed E-state index contributed by atoms with van der Waals surface area (Å²) in [5.74, 6) is -0.00457. The molecule has 1 N–H and O–H groups in total. The number of methoxy groups -OCH3 is 1. The van der Waals surface area contributed by atoms with Gasteiger partial charge in [-0.25, -0.2) is 8.42 Å². The molecule has 0 saturated carbocycles. The number of amides is 1. The first-order chi connectivity index (χ1) is 14.5. The number of sulfonamides is 1. The molecular weight excluding hydrogens is 406 g/mol. The van der Waals surface area contributed by atoms with E-state index in [4.69, 9.17) is 9.47 Å². The van der Waals surface area contributed by atoms with Crippen LogP contribution in [0.4, 0.5) is 0 Å². The summed E-state index contributed by atoms with van der Waals surface area (Å²) in [6.45, 7) is 5.80. The van der Waals surface area contributed by atoms with Crippen molar-refractivity contribution in [3.63, 3.8) is 0 Å². The Labute approximate surface area is 179 Å². The van der Waals surface area contributed by atoms with E-state index in [9.17, 15) is 13.2 Å². The summed E-state index contributed by atoms with van der Waals surface area (Å²) in [5.41, 5.74) is 0.329. The van der Waals surface area contributed by atoms with E-state index in [0.717, 1.165) is 65.0 Å². The smallest absolute Gasteiger partial charge is 0.251 e. The van der Waals surface area contributed by atoms with E-state index < -0.39 is 10.0 Å². The number of hydrogen-bond donors (Lipinski definition) is 1.